The van der Waals surface area contributed by atoms with Crippen molar-refractivity contribution >= 4 is 11.6 Å². The maximum Gasteiger partial charge on any atom is 0.271 e. The first kappa shape index (κ1) is 13.9. The molecule has 1 heterocycles. The normalized spacial score (nSPS) is 22.1. The molecule has 0 bridgehead atoms. The number of carbonyl (C=O) groups excluding carboxylic acids is 1. The van der Waals surface area contributed by atoms with Crippen LogP contribution in [0.15, 0.2) is 0 Å². The molecule has 0 atom stereocenters. The Bertz CT molecular complexity index is 463. The van der Waals surface area contributed by atoms with Gasteiger partial charge in [-0.3, -0.25) is 9.48 Å². The number of hydrogen-bond acceptors (Lipinski definition) is 4. The van der Waals surface area contributed by atoms with Crippen LogP contribution in [0.25, 0.3) is 0 Å². The molecule has 0 radical (unpaired) electrons. The van der Waals surface area contributed by atoms with Gasteiger partial charge in [0.05, 0.1) is 17.5 Å². The van der Waals surface area contributed by atoms with Gasteiger partial charge in [-0.2, -0.15) is 5.10 Å². The molecule has 3 N–H and O–H groups in total. The van der Waals surface area contributed by atoms with Gasteiger partial charge in [0.2, 0.25) is 0 Å². The summed E-state index contributed by atoms with van der Waals surface area (Å²) < 4.78 is 7.03. The molecule has 19 heavy (non-hydrogen) atoms. The zero-order chi connectivity index (χ0) is 14.0. The number of aryl methyl sites for hydroxylation is 2. The second-order valence-corrected chi connectivity index (χ2v) is 4.91. The minimum absolute atomic E-state index is 0.146. The summed E-state index contributed by atoms with van der Waals surface area (Å²) in [7, 11) is 1.74. The van der Waals surface area contributed by atoms with Crippen LogP contribution in [-0.2, 0) is 18.2 Å². The first-order valence-electron chi connectivity index (χ1n) is 6.80. The van der Waals surface area contributed by atoms with Gasteiger partial charge in [-0.1, -0.05) is 6.92 Å². The van der Waals surface area contributed by atoms with E-state index < -0.39 is 0 Å². The summed E-state index contributed by atoms with van der Waals surface area (Å²) in [5.74, 6) is -0.146. The van der Waals surface area contributed by atoms with Crippen molar-refractivity contribution in [2.45, 2.75) is 45.3 Å². The van der Waals surface area contributed by atoms with Crippen LogP contribution in [0.2, 0.25) is 0 Å². The van der Waals surface area contributed by atoms with E-state index in [1.807, 2.05) is 13.8 Å². The summed E-state index contributed by atoms with van der Waals surface area (Å²) >= 11 is 0. The van der Waals surface area contributed by atoms with Crippen molar-refractivity contribution < 1.29 is 9.53 Å². The molecule has 6 heteroatoms. The minimum Gasteiger partial charge on any atom is -0.395 e. The molecule has 1 aromatic heterocycles. The Labute approximate surface area is 113 Å². The van der Waals surface area contributed by atoms with Gasteiger partial charge in [-0.05, 0) is 26.2 Å². The third kappa shape index (κ3) is 2.73. The molecular weight excluding hydrogens is 244 g/mol. The van der Waals surface area contributed by atoms with Gasteiger partial charge >= 0.3 is 0 Å². The SMILES string of the molecule is CCOC1CC(NC(=O)c2c(N)c(CC)nn2C)C1. The fraction of sp³-hybridized carbons (Fsp3) is 0.692. The standard InChI is InChI=1S/C13H22N4O2/c1-4-10-11(14)12(17(3)16-10)13(18)15-8-6-9(7-8)19-5-2/h8-9H,4-7,14H2,1-3H3,(H,15,18). The van der Waals surface area contributed by atoms with Crippen LogP contribution in [0, 0.1) is 0 Å². The number of carbonyl (C=O) groups is 1. The number of anilines is 1. The number of nitrogens with two attached hydrogens (primary N) is 1. The van der Waals surface area contributed by atoms with Crippen LogP contribution in [0.3, 0.4) is 0 Å². The number of aromatic nitrogens is 2. The van der Waals surface area contributed by atoms with Crippen molar-refractivity contribution in [1.29, 1.82) is 0 Å². The predicted octanol–water partition coefficient (Wildman–Crippen LogP) is 0.862. The number of hydrogen-bond donors (Lipinski definition) is 2. The van der Waals surface area contributed by atoms with E-state index in [4.69, 9.17) is 10.5 Å². The van der Waals surface area contributed by atoms with Crippen molar-refractivity contribution in [1.82, 2.24) is 15.1 Å². The zero-order valence-corrected chi connectivity index (χ0v) is 11.8. The lowest BCUT2D eigenvalue weighted by molar-refractivity contribution is -0.00869. The van der Waals surface area contributed by atoms with Crippen LogP contribution in [0.1, 0.15) is 42.9 Å². The Hall–Kier alpha value is -1.56. The largest absolute Gasteiger partial charge is 0.395 e. The van der Waals surface area contributed by atoms with Gasteiger partial charge in [0, 0.05) is 19.7 Å². The molecule has 1 aromatic rings. The number of rotatable bonds is 5. The molecule has 1 aliphatic rings. The van der Waals surface area contributed by atoms with E-state index in [2.05, 4.69) is 10.4 Å². The van der Waals surface area contributed by atoms with Gasteiger partial charge in [-0.25, -0.2) is 0 Å². The van der Waals surface area contributed by atoms with E-state index in [0.29, 0.717) is 11.4 Å². The van der Waals surface area contributed by atoms with Crippen molar-refractivity contribution in [3.05, 3.63) is 11.4 Å². The van der Waals surface area contributed by atoms with Gasteiger partial charge in [0.1, 0.15) is 5.69 Å². The van der Waals surface area contributed by atoms with Gasteiger partial charge in [0.25, 0.3) is 5.91 Å². The topological polar surface area (TPSA) is 82.2 Å². The first-order chi connectivity index (χ1) is 9.06. The number of nitrogens with zero attached hydrogens (tertiary/aromatic N) is 2. The third-order valence-corrected chi connectivity index (χ3v) is 3.54. The molecule has 2 rings (SSSR count). The Morgan fingerprint density at radius 2 is 2.21 bits per heavy atom. The smallest absolute Gasteiger partial charge is 0.271 e. The molecule has 1 saturated carbocycles. The lowest BCUT2D eigenvalue weighted by Crippen LogP contribution is -2.48. The lowest BCUT2D eigenvalue weighted by atomic mass is 9.89. The molecule has 0 aliphatic heterocycles. The maximum atomic E-state index is 12.2. The number of amides is 1. The van der Waals surface area contributed by atoms with E-state index in [1.54, 1.807) is 11.7 Å². The van der Waals surface area contributed by atoms with Gasteiger partial charge in [0.15, 0.2) is 0 Å². The highest BCUT2D eigenvalue weighted by atomic mass is 16.5. The van der Waals surface area contributed by atoms with Gasteiger partial charge < -0.3 is 15.8 Å². The van der Waals surface area contributed by atoms with E-state index >= 15 is 0 Å². The van der Waals surface area contributed by atoms with E-state index in [1.165, 1.54) is 0 Å². The molecule has 1 fully saturated rings. The molecule has 1 aliphatic carbocycles. The average Bonchev–Trinajstić information content (AvgIpc) is 2.61. The summed E-state index contributed by atoms with van der Waals surface area (Å²) in [4.78, 5) is 12.2. The summed E-state index contributed by atoms with van der Waals surface area (Å²) in [5.41, 5.74) is 7.67. The zero-order valence-electron chi connectivity index (χ0n) is 11.8. The van der Waals surface area contributed by atoms with Crippen LogP contribution in [0.4, 0.5) is 5.69 Å². The molecule has 0 spiro atoms. The Morgan fingerprint density at radius 1 is 1.53 bits per heavy atom. The van der Waals surface area contributed by atoms with Gasteiger partial charge in [-0.15, -0.1) is 0 Å². The lowest BCUT2D eigenvalue weighted by Gasteiger charge is -2.35. The highest BCUT2D eigenvalue weighted by Crippen LogP contribution is 2.24. The van der Waals surface area contributed by atoms with Crippen molar-refractivity contribution in [2.75, 3.05) is 12.3 Å². The maximum absolute atomic E-state index is 12.2. The number of nitrogens with one attached hydrogen (secondary N) is 1. The van der Waals surface area contributed by atoms with E-state index in [0.717, 1.165) is 31.6 Å². The van der Waals surface area contributed by atoms with Crippen molar-refractivity contribution in [3.8, 4) is 0 Å². The quantitative estimate of drug-likeness (QED) is 0.828. The molecule has 106 valence electrons. The van der Waals surface area contributed by atoms with Crippen molar-refractivity contribution in [2.24, 2.45) is 7.05 Å². The highest BCUT2D eigenvalue weighted by molar-refractivity contribution is 5.98. The Kier molecular flexibility index (Phi) is 4.09. The van der Waals surface area contributed by atoms with Crippen molar-refractivity contribution in [3.63, 3.8) is 0 Å². The average molecular weight is 266 g/mol. The molecule has 0 aromatic carbocycles. The third-order valence-electron chi connectivity index (χ3n) is 3.54. The number of ether oxygens (including phenoxy) is 1. The second-order valence-electron chi connectivity index (χ2n) is 4.91. The molecule has 0 unspecified atom stereocenters. The fourth-order valence-electron chi connectivity index (χ4n) is 2.44. The Balaban J connectivity index is 1.96. The second kappa shape index (κ2) is 5.61. The molecule has 1 amide bonds. The summed E-state index contributed by atoms with van der Waals surface area (Å²) in [6.07, 6.45) is 2.75. The predicted molar refractivity (Wildman–Crippen MR) is 72.9 cm³/mol. The highest BCUT2D eigenvalue weighted by Gasteiger charge is 2.32. The van der Waals surface area contributed by atoms with Crippen LogP contribution in [0.5, 0.6) is 0 Å². The van der Waals surface area contributed by atoms with Crippen LogP contribution in [-0.4, -0.2) is 34.4 Å². The van der Waals surface area contributed by atoms with Crippen LogP contribution >= 0.6 is 0 Å². The summed E-state index contributed by atoms with van der Waals surface area (Å²) in [6, 6.07) is 0.184. The fourth-order valence-corrected chi connectivity index (χ4v) is 2.44. The number of nitrogen functional groups attached to an aromatic ring is 1. The summed E-state index contributed by atoms with van der Waals surface area (Å²) in [6.45, 7) is 4.67. The molecule has 0 saturated heterocycles. The molecular formula is C13H22N4O2. The molecule has 6 nitrogen and oxygen atoms in total. The summed E-state index contributed by atoms with van der Waals surface area (Å²) in [5, 5.41) is 7.23. The van der Waals surface area contributed by atoms with E-state index in [9.17, 15) is 4.79 Å². The first-order valence-corrected chi connectivity index (χ1v) is 6.80. The monoisotopic (exact) mass is 266 g/mol. The van der Waals surface area contributed by atoms with Crippen LogP contribution < -0.4 is 11.1 Å². The van der Waals surface area contributed by atoms with E-state index in [-0.39, 0.29) is 18.1 Å². The minimum atomic E-state index is -0.146. The Morgan fingerprint density at radius 3 is 2.74 bits per heavy atom.